The Balaban J connectivity index is 2.12. The molecule has 0 spiro atoms. The van der Waals surface area contributed by atoms with Crippen molar-refractivity contribution < 1.29 is 22.7 Å². The van der Waals surface area contributed by atoms with E-state index in [1.807, 2.05) is 0 Å². The number of anilines is 1. The van der Waals surface area contributed by atoms with Crippen molar-refractivity contribution in [2.24, 2.45) is 5.73 Å². The van der Waals surface area contributed by atoms with Crippen LogP contribution in [0.1, 0.15) is 15.9 Å². The first-order valence-corrected chi connectivity index (χ1v) is 6.44. The molecule has 1 heterocycles. The van der Waals surface area contributed by atoms with Gasteiger partial charge in [0.15, 0.2) is 0 Å². The van der Waals surface area contributed by atoms with Crippen LogP contribution in [0.5, 0.6) is 0 Å². The summed E-state index contributed by atoms with van der Waals surface area (Å²) < 4.78 is 43.2. The van der Waals surface area contributed by atoms with Gasteiger partial charge in [0.25, 0.3) is 5.91 Å². The molecule has 1 unspecified atom stereocenters. The summed E-state index contributed by atoms with van der Waals surface area (Å²) in [6, 6.07) is 2.92. The number of carbonyl (C=O) groups excluding carboxylic acids is 1. The number of benzene rings is 1. The van der Waals surface area contributed by atoms with E-state index in [1.165, 1.54) is 6.07 Å². The molecule has 1 amide bonds. The average Bonchev–Trinajstić information content (AvgIpc) is 2.45. The third-order valence-electron chi connectivity index (χ3n) is 3.15. The normalized spacial score (nSPS) is 19.3. The molecule has 0 bridgehead atoms. The third kappa shape index (κ3) is 4.08. The Labute approximate surface area is 119 Å². The van der Waals surface area contributed by atoms with Crippen molar-refractivity contribution >= 4 is 11.6 Å². The van der Waals surface area contributed by atoms with Crippen LogP contribution >= 0.6 is 0 Å². The molecule has 21 heavy (non-hydrogen) atoms. The molecule has 1 fully saturated rings. The van der Waals surface area contributed by atoms with Gasteiger partial charge in [-0.1, -0.05) is 0 Å². The van der Waals surface area contributed by atoms with Gasteiger partial charge in [0.05, 0.1) is 24.3 Å². The summed E-state index contributed by atoms with van der Waals surface area (Å²) in [5, 5.41) is 6.12. The van der Waals surface area contributed by atoms with Crippen LogP contribution in [0, 0.1) is 0 Å². The second-order valence-electron chi connectivity index (χ2n) is 4.73. The summed E-state index contributed by atoms with van der Waals surface area (Å²) in [5.41, 5.74) is 4.35. The molecule has 116 valence electrons. The molecule has 1 aromatic carbocycles. The van der Waals surface area contributed by atoms with Gasteiger partial charge < -0.3 is 21.1 Å². The van der Waals surface area contributed by atoms with Crippen LogP contribution < -0.4 is 16.4 Å². The highest BCUT2D eigenvalue weighted by molar-refractivity contribution is 5.98. The summed E-state index contributed by atoms with van der Waals surface area (Å²) in [7, 11) is 0. The van der Waals surface area contributed by atoms with Gasteiger partial charge in [-0.2, -0.15) is 13.2 Å². The van der Waals surface area contributed by atoms with E-state index >= 15 is 0 Å². The van der Waals surface area contributed by atoms with Crippen molar-refractivity contribution in [2.45, 2.75) is 12.2 Å². The highest BCUT2D eigenvalue weighted by atomic mass is 19.4. The van der Waals surface area contributed by atoms with Gasteiger partial charge in [0, 0.05) is 24.8 Å². The van der Waals surface area contributed by atoms with Gasteiger partial charge in [-0.3, -0.25) is 4.79 Å². The summed E-state index contributed by atoms with van der Waals surface area (Å²) in [5.74, 6) is -0.906. The first-order valence-electron chi connectivity index (χ1n) is 6.44. The number of carbonyl (C=O) groups is 1. The molecular formula is C13H16F3N3O2. The molecule has 1 aliphatic heterocycles. The van der Waals surface area contributed by atoms with Crippen LogP contribution in [0.25, 0.3) is 0 Å². The number of morpholine rings is 1. The number of primary amides is 1. The Morgan fingerprint density at radius 1 is 1.48 bits per heavy atom. The molecular weight excluding hydrogens is 287 g/mol. The summed E-state index contributed by atoms with van der Waals surface area (Å²) in [6.07, 6.45) is -4.51. The van der Waals surface area contributed by atoms with Crippen LogP contribution in [0.2, 0.25) is 0 Å². The maximum absolute atomic E-state index is 12.6. The maximum atomic E-state index is 12.6. The van der Waals surface area contributed by atoms with Gasteiger partial charge in [-0.05, 0) is 18.2 Å². The van der Waals surface area contributed by atoms with Crippen molar-refractivity contribution in [1.82, 2.24) is 5.32 Å². The van der Waals surface area contributed by atoms with E-state index in [4.69, 9.17) is 10.5 Å². The zero-order valence-corrected chi connectivity index (χ0v) is 11.2. The van der Waals surface area contributed by atoms with Gasteiger partial charge in [0.2, 0.25) is 0 Å². The van der Waals surface area contributed by atoms with Crippen LogP contribution in [-0.2, 0) is 10.9 Å². The van der Waals surface area contributed by atoms with Crippen molar-refractivity contribution in [3.05, 3.63) is 29.3 Å². The fourth-order valence-electron chi connectivity index (χ4n) is 2.06. The molecule has 0 aromatic heterocycles. The minimum Gasteiger partial charge on any atom is -0.383 e. The molecule has 2 rings (SSSR count). The van der Waals surface area contributed by atoms with E-state index < -0.39 is 17.6 Å². The quantitative estimate of drug-likeness (QED) is 0.781. The topological polar surface area (TPSA) is 76.4 Å². The van der Waals surface area contributed by atoms with E-state index in [1.54, 1.807) is 0 Å². The van der Waals surface area contributed by atoms with Gasteiger partial charge in [-0.15, -0.1) is 0 Å². The van der Waals surface area contributed by atoms with E-state index in [9.17, 15) is 18.0 Å². The summed E-state index contributed by atoms with van der Waals surface area (Å²) in [6.45, 7) is 2.26. The second kappa shape index (κ2) is 6.31. The van der Waals surface area contributed by atoms with Gasteiger partial charge in [-0.25, -0.2) is 0 Å². The van der Waals surface area contributed by atoms with Crippen molar-refractivity contribution in [3.8, 4) is 0 Å². The van der Waals surface area contributed by atoms with Crippen LogP contribution in [0.4, 0.5) is 18.9 Å². The first-order chi connectivity index (χ1) is 9.88. The fraction of sp³-hybridized carbons (Fsp3) is 0.462. The van der Waals surface area contributed by atoms with E-state index in [0.29, 0.717) is 26.3 Å². The van der Waals surface area contributed by atoms with Crippen LogP contribution in [0.15, 0.2) is 18.2 Å². The number of rotatable bonds is 4. The number of ether oxygens (including phenoxy) is 1. The molecule has 1 aliphatic rings. The zero-order valence-electron chi connectivity index (χ0n) is 11.2. The number of hydrogen-bond acceptors (Lipinski definition) is 4. The minimum atomic E-state index is -4.51. The Bertz CT molecular complexity index is 514. The fourth-order valence-corrected chi connectivity index (χ4v) is 2.06. The lowest BCUT2D eigenvalue weighted by atomic mass is 10.1. The lowest BCUT2D eigenvalue weighted by molar-refractivity contribution is -0.137. The van der Waals surface area contributed by atoms with Crippen molar-refractivity contribution in [1.29, 1.82) is 0 Å². The number of halogens is 3. The van der Waals surface area contributed by atoms with Crippen molar-refractivity contribution in [3.63, 3.8) is 0 Å². The standard InChI is InChI=1S/C13H16F3N3O2/c14-13(15,16)8-1-2-11(10(5-8)12(17)20)19-6-9-7-21-4-3-18-9/h1-2,5,9,18-19H,3-4,6-7H2,(H2,17,20). The third-order valence-corrected chi connectivity index (χ3v) is 3.15. The summed E-state index contributed by atoms with van der Waals surface area (Å²) in [4.78, 5) is 11.3. The molecule has 1 aromatic rings. The Morgan fingerprint density at radius 3 is 2.81 bits per heavy atom. The number of hydrogen-bond donors (Lipinski definition) is 3. The summed E-state index contributed by atoms with van der Waals surface area (Å²) >= 11 is 0. The lowest BCUT2D eigenvalue weighted by Crippen LogP contribution is -2.45. The molecule has 5 nitrogen and oxygen atoms in total. The Hall–Kier alpha value is -1.80. The predicted octanol–water partition coefficient (Wildman–Crippen LogP) is 1.20. The van der Waals surface area contributed by atoms with Crippen LogP contribution in [-0.4, -0.2) is 38.3 Å². The number of nitrogens with two attached hydrogens (primary N) is 1. The molecule has 4 N–H and O–H groups in total. The molecule has 8 heteroatoms. The first kappa shape index (κ1) is 15.6. The minimum absolute atomic E-state index is 0.0294. The smallest absolute Gasteiger partial charge is 0.383 e. The van der Waals surface area contributed by atoms with E-state index in [0.717, 1.165) is 12.1 Å². The highest BCUT2D eigenvalue weighted by Crippen LogP contribution is 2.31. The number of amides is 1. The molecule has 1 saturated heterocycles. The number of nitrogens with one attached hydrogen (secondary N) is 2. The maximum Gasteiger partial charge on any atom is 0.416 e. The average molecular weight is 303 g/mol. The predicted molar refractivity (Wildman–Crippen MR) is 71.1 cm³/mol. The van der Waals surface area contributed by atoms with E-state index in [-0.39, 0.29) is 17.3 Å². The van der Waals surface area contributed by atoms with Gasteiger partial charge in [0.1, 0.15) is 0 Å². The highest BCUT2D eigenvalue weighted by Gasteiger charge is 2.31. The van der Waals surface area contributed by atoms with Crippen molar-refractivity contribution in [2.75, 3.05) is 31.6 Å². The molecule has 0 aliphatic carbocycles. The van der Waals surface area contributed by atoms with Gasteiger partial charge >= 0.3 is 6.18 Å². The lowest BCUT2D eigenvalue weighted by Gasteiger charge is -2.25. The largest absolute Gasteiger partial charge is 0.416 e. The molecule has 1 atom stereocenters. The Kier molecular flexibility index (Phi) is 4.69. The molecule has 0 saturated carbocycles. The number of alkyl halides is 3. The molecule has 0 radical (unpaired) electrons. The second-order valence-corrected chi connectivity index (χ2v) is 4.73. The van der Waals surface area contributed by atoms with E-state index in [2.05, 4.69) is 10.6 Å². The monoisotopic (exact) mass is 303 g/mol. The zero-order chi connectivity index (χ0) is 15.5. The SMILES string of the molecule is NC(=O)c1cc(C(F)(F)F)ccc1NCC1COCCN1. The Morgan fingerprint density at radius 2 is 2.24 bits per heavy atom. The van der Waals surface area contributed by atoms with Crippen LogP contribution in [0.3, 0.4) is 0 Å².